The van der Waals surface area contributed by atoms with Gasteiger partial charge >= 0.3 is 6.09 Å². The minimum Gasteiger partial charge on any atom is -0.481 e. The maximum Gasteiger partial charge on any atom is 0.410 e. The molecule has 4 heterocycles. The fourth-order valence-corrected chi connectivity index (χ4v) is 3.34. The second kappa shape index (κ2) is 7.90. The predicted molar refractivity (Wildman–Crippen MR) is 109 cm³/mol. The molecule has 0 aliphatic carbocycles. The number of fused-ring (bicyclic) bond motifs is 1. The first-order valence-electron chi connectivity index (χ1n) is 9.55. The van der Waals surface area contributed by atoms with E-state index in [1.807, 2.05) is 44.3 Å². The summed E-state index contributed by atoms with van der Waals surface area (Å²) < 4.78 is 12.4. The van der Waals surface area contributed by atoms with Gasteiger partial charge in [0.15, 0.2) is 5.65 Å². The van der Waals surface area contributed by atoms with Crippen molar-refractivity contribution >= 4 is 17.3 Å². The molecular formula is C21H23N5O3. The van der Waals surface area contributed by atoms with E-state index in [2.05, 4.69) is 10.1 Å². The monoisotopic (exact) mass is 393 g/mol. The molecule has 1 aliphatic rings. The molecule has 3 aromatic rings. The van der Waals surface area contributed by atoms with Crippen LogP contribution in [-0.2, 0) is 4.74 Å². The maximum absolute atomic E-state index is 12.1. The topological polar surface area (TPSA) is 81.9 Å². The van der Waals surface area contributed by atoms with Gasteiger partial charge in [0.25, 0.3) is 0 Å². The molecule has 29 heavy (non-hydrogen) atoms. The number of hydrogen-bond acceptors (Lipinski definition) is 6. The van der Waals surface area contributed by atoms with E-state index in [-0.39, 0.29) is 12.2 Å². The van der Waals surface area contributed by atoms with Crippen molar-refractivity contribution < 1.29 is 14.3 Å². The van der Waals surface area contributed by atoms with Crippen LogP contribution in [0.15, 0.2) is 42.9 Å². The highest BCUT2D eigenvalue weighted by Gasteiger charge is 2.21. The summed E-state index contributed by atoms with van der Waals surface area (Å²) in [6.07, 6.45) is 7.70. The number of rotatable bonds is 4. The molecule has 150 valence electrons. The lowest BCUT2D eigenvalue weighted by molar-refractivity contribution is 0.0799. The molecule has 0 saturated carbocycles. The standard InChI is InChI=1S/C21H23N5O3/c1-14(2)29-21(27)25-10-6-15(7-11-25)18-8-12-26-19(24-18)17(13-23-26)16-5-4-9-22-20(16)28-3/h4-6,8-9,12-14H,7,10-11H2,1-3H3. The summed E-state index contributed by atoms with van der Waals surface area (Å²) in [7, 11) is 1.60. The molecule has 0 N–H and O–H groups in total. The molecule has 0 unspecified atom stereocenters. The second-order valence-electron chi connectivity index (χ2n) is 7.06. The Hall–Kier alpha value is -3.42. The summed E-state index contributed by atoms with van der Waals surface area (Å²) in [6.45, 7) is 4.81. The zero-order valence-corrected chi connectivity index (χ0v) is 16.7. The second-order valence-corrected chi connectivity index (χ2v) is 7.06. The highest BCUT2D eigenvalue weighted by molar-refractivity contribution is 5.81. The number of amides is 1. The van der Waals surface area contributed by atoms with Gasteiger partial charge in [-0.1, -0.05) is 6.08 Å². The third-order valence-corrected chi connectivity index (χ3v) is 4.76. The normalized spacial score (nSPS) is 14.2. The third-order valence-electron chi connectivity index (χ3n) is 4.76. The Morgan fingerprint density at radius 3 is 2.83 bits per heavy atom. The molecule has 0 saturated heterocycles. The van der Waals surface area contributed by atoms with Gasteiger partial charge in [-0.25, -0.2) is 19.3 Å². The minimum absolute atomic E-state index is 0.123. The highest BCUT2D eigenvalue weighted by Crippen LogP contribution is 2.31. The van der Waals surface area contributed by atoms with Crippen LogP contribution in [0, 0.1) is 0 Å². The van der Waals surface area contributed by atoms with E-state index in [0.29, 0.717) is 19.0 Å². The molecular weight excluding hydrogens is 370 g/mol. The fourth-order valence-electron chi connectivity index (χ4n) is 3.34. The number of carbonyl (C=O) groups is 1. The van der Waals surface area contributed by atoms with E-state index >= 15 is 0 Å². The largest absolute Gasteiger partial charge is 0.481 e. The zero-order chi connectivity index (χ0) is 20.4. The van der Waals surface area contributed by atoms with Crippen LogP contribution in [0.2, 0.25) is 0 Å². The van der Waals surface area contributed by atoms with E-state index in [0.717, 1.165) is 34.5 Å². The highest BCUT2D eigenvalue weighted by atomic mass is 16.6. The van der Waals surface area contributed by atoms with Crippen molar-refractivity contribution in [2.75, 3.05) is 20.2 Å². The molecule has 3 aromatic heterocycles. The number of carbonyl (C=O) groups excluding carboxylic acids is 1. The molecule has 8 heteroatoms. The molecule has 4 rings (SSSR count). The quantitative estimate of drug-likeness (QED) is 0.675. The van der Waals surface area contributed by atoms with Gasteiger partial charge in [-0.15, -0.1) is 0 Å². The number of ether oxygens (including phenoxy) is 2. The van der Waals surface area contributed by atoms with Crippen LogP contribution in [0.1, 0.15) is 26.0 Å². The lowest BCUT2D eigenvalue weighted by Gasteiger charge is -2.26. The van der Waals surface area contributed by atoms with Gasteiger partial charge in [0.2, 0.25) is 5.88 Å². The van der Waals surface area contributed by atoms with Gasteiger partial charge in [0.05, 0.1) is 30.7 Å². The first-order valence-corrected chi connectivity index (χ1v) is 9.55. The number of pyridine rings is 1. The lowest BCUT2D eigenvalue weighted by Crippen LogP contribution is -2.36. The summed E-state index contributed by atoms with van der Waals surface area (Å²) in [5.74, 6) is 0.533. The van der Waals surface area contributed by atoms with Crippen LogP contribution < -0.4 is 4.74 Å². The van der Waals surface area contributed by atoms with E-state index in [1.165, 1.54) is 0 Å². The molecule has 8 nitrogen and oxygen atoms in total. The van der Waals surface area contributed by atoms with Crippen molar-refractivity contribution in [1.82, 2.24) is 24.5 Å². The number of aromatic nitrogens is 4. The Kier molecular flexibility index (Phi) is 5.16. The fraction of sp³-hybridized carbons (Fsp3) is 0.333. The van der Waals surface area contributed by atoms with Crippen molar-refractivity contribution in [1.29, 1.82) is 0 Å². The Morgan fingerprint density at radius 2 is 2.10 bits per heavy atom. The molecule has 1 aliphatic heterocycles. The van der Waals surface area contributed by atoms with Gasteiger partial charge < -0.3 is 14.4 Å². The first-order chi connectivity index (χ1) is 14.1. The molecule has 0 spiro atoms. The smallest absolute Gasteiger partial charge is 0.410 e. The average Bonchev–Trinajstić information content (AvgIpc) is 3.16. The van der Waals surface area contributed by atoms with Crippen molar-refractivity contribution in [2.24, 2.45) is 0 Å². The van der Waals surface area contributed by atoms with E-state index in [1.54, 1.807) is 28.9 Å². The Balaban J connectivity index is 1.63. The van der Waals surface area contributed by atoms with E-state index in [9.17, 15) is 4.79 Å². The van der Waals surface area contributed by atoms with Crippen molar-refractivity contribution in [2.45, 2.75) is 26.4 Å². The van der Waals surface area contributed by atoms with Crippen molar-refractivity contribution in [3.8, 4) is 17.0 Å². The van der Waals surface area contributed by atoms with E-state index in [4.69, 9.17) is 14.5 Å². The van der Waals surface area contributed by atoms with Gasteiger partial charge in [-0.2, -0.15) is 5.10 Å². The van der Waals surface area contributed by atoms with Crippen LogP contribution in [0.4, 0.5) is 4.79 Å². The third kappa shape index (κ3) is 3.78. The number of methoxy groups -OCH3 is 1. The summed E-state index contributed by atoms with van der Waals surface area (Å²) in [5, 5.41) is 4.40. The Bertz CT molecular complexity index is 1070. The molecule has 0 bridgehead atoms. The van der Waals surface area contributed by atoms with Crippen LogP contribution >= 0.6 is 0 Å². The summed E-state index contributed by atoms with van der Waals surface area (Å²) in [6, 6.07) is 5.74. The van der Waals surface area contributed by atoms with Crippen molar-refractivity contribution in [3.05, 3.63) is 48.6 Å². The minimum atomic E-state index is -0.277. The summed E-state index contributed by atoms with van der Waals surface area (Å²) >= 11 is 0. The number of nitrogens with zero attached hydrogens (tertiary/aromatic N) is 5. The Morgan fingerprint density at radius 1 is 1.24 bits per heavy atom. The van der Waals surface area contributed by atoms with Crippen LogP contribution in [-0.4, -0.2) is 56.9 Å². The molecule has 0 radical (unpaired) electrons. The molecule has 0 atom stereocenters. The predicted octanol–water partition coefficient (Wildman–Crippen LogP) is 3.43. The summed E-state index contributed by atoms with van der Waals surface area (Å²) in [5.41, 5.74) is 4.41. The molecule has 1 amide bonds. The zero-order valence-electron chi connectivity index (χ0n) is 16.7. The average molecular weight is 393 g/mol. The first kappa shape index (κ1) is 18.9. The van der Waals surface area contributed by atoms with Gasteiger partial charge in [-0.05, 0) is 44.0 Å². The number of hydrogen-bond donors (Lipinski definition) is 0. The molecule has 0 aromatic carbocycles. The SMILES string of the molecule is COc1ncccc1-c1cnn2ccc(C3=CCN(C(=O)OC(C)C)CC3)nc12. The van der Waals surface area contributed by atoms with Gasteiger partial charge in [-0.3, -0.25) is 0 Å². The Labute approximate surface area is 168 Å². The summed E-state index contributed by atoms with van der Waals surface area (Å²) in [4.78, 5) is 22.9. The van der Waals surface area contributed by atoms with Crippen LogP contribution in [0.3, 0.4) is 0 Å². The van der Waals surface area contributed by atoms with Crippen molar-refractivity contribution in [3.63, 3.8) is 0 Å². The van der Waals surface area contributed by atoms with Gasteiger partial charge in [0, 0.05) is 31.0 Å². The molecule has 0 fully saturated rings. The van der Waals surface area contributed by atoms with E-state index < -0.39 is 0 Å². The van der Waals surface area contributed by atoms with Crippen LogP contribution in [0.25, 0.3) is 22.3 Å². The van der Waals surface area contributed by atoms with Crippen LogP contribution in [0.5, 0.6) is 5.88 Å². The lowest BCUT2D eigenvalue weighted by atomic mass is 10.0. The maximum atomic E-state index is 12.1. The van der Waals surface area contributed by atoms with Gasteiger partial charge in [0.1, 0.15) is 0 Å².